The van der Waals surface area contributed by atoms with Crippen LogP contribution in [0.1, 0.15) is 17.5 Å². The molecule has 0 saturated carbocycles. The number of anilines is 1. The monoisotopic (exact) mass is 370 g/mol. The van der Waals surface area contributed by atoms with E-state index in [1.165, 1.54) is 11.8 Å². The van der Waals surface area contributed by atoms with Gasteiger partial charge in [-0.2, -0.15) is 0 Å². The third kappa shape index (κ3) is 4.43. The fourth-order valence-electron chi connectivity index (χ4n) is 2.64. The molecule has 7 heteroatoms. The van der Waals surface area contributed by atoms with E-state index in [2.05, 4.69) is 16.7 Å². The minimum atomic E-state index is -0.450. The molecule has 0 aliphatic rings. The van der Waals surface area contributed by atoms with Crippen molar-refractivity contribution in [2.75, 3.05) is 11.1 Å². The summed E-state index contributed by atoms with van der Waals surface area (Å²) in [6.45, 7) is 3.98. The Balaban J connectivity index is 1.61. The molecule has 0 unspecified atom stereocenters. The summed E-state index contributed by atoms with van der Waals surface area (Å²) in [5.41, 5.74) is 3.33. The van der Waals surface area contributed by atoms with E-state index in [1.807, 2.05) is 56.3 Å². The number of nitrogens with zero attached hydrogens (tertiary/aromatic N) is 1. The first kappa shape index (κ1) is 18.0. The van der Waals surface area contributed by atoms with E-state index in [4.69, 9.17) is 4.52 Å². The van der Waals surface area contributed by atoms with Gasteiger partial charge in [0.25, 0.3) is 0 Å². The summed E-state index contributed by atoms with van der Waals surface area (Å²) in [6, 6.07) is 15.3. The summed E-state index contributed by atoms with van der Waals surface area (Å²) < 4.78 is 6.47. The minimum Gasteiger partial charge on any atom is -0.326 e. The zero-order valence-corrected chi connectivity index (χ0v) is 15.4. The highest BCUT2D eigenvalue weighted by molar-refractivity contribution is 7.99. The fraction of sp³-hybridized carbons (Fsp3) is 0.211. The standard InChI is InChI=1S/C19H19N3O3S/c1-13-10-14(2)12-15(11-13)20-17(23)8-9-26-18-19(24)25-21-22(18)16-6-4-3-5-7-16/h3-7,10-12H,8-9H2,1-2H3,(H-,20,21,23,24)/p+1. The van der Waals surface area contributed by atoms with Crippen LogP contribution in [0.5, 0.6) is 0 Å². The number of aromatic nitrogens is 2. The molecule has 0 radical (unpaired) electrons. The Labute approximate surface area is 155 Å². The van der Waals surface area contributed by atoms with Crippen LogP contribution < -0.4 is 15.6 Å². The van der Waals surface area contributed by atoms with Crippen molar-refractivity contribution in [3.8, 4) is 5.69 Å². The Bertz CT molecular complexity index is 943. The van der Waals surface area contributed by atoms with Crippen LogP contribution in [0.25, 0.3) is 5.69 Å². The second-order valence-electron chi connectivity index (χ2n) is 5.98. The summed E-state index contributed by atoms with van der Waals surface area (Å²) >= 11 is 1.28. The molecule has 0 fully saturated rings. The number of carbonyl (C=O) groups is 1. The van der Waals surface area contributed by atoms with E-state index in [0.29, 0.717) is 10.8 Å². The summed E-state index contributed by atoms with van der Waals surface area (Å²) in [6.07, 6.45) is 0.289. The SMILES string of the molecule is Cc1cc(C)cc(NC(=O)CCSc2c(=O)o[nH][n+]2-c2ccccc2)c1. The third-order valence-electron chi connectivity index (χ3n) is 3.70. The zero-order chi connectivity index (χ0) is 18.5. The van der Waals surface area contributed by atoms with Gasteiger partial charge in [0, 0.05) is 30.0 Å². The Morgan fingerprint density at radius 1 is 1.15 bits per heavy atom. The molecule has 2 aromatic carbocycles. The second-order valence-corrected chi connectivity index (χ2v) is 7.06. The minimum absolute atomic E-state index is 0.0892. The molecular weight excluding hydrogens is 350 g/mol. The lowest BCUT2D eigenvalue weighted by molar-refractivity contribution is -0.704. The summed E-state index contributed by atoms with van der Waals surface area (Å²) in [4.78, 5) is 24.1. The third-order valence-corrected chi connectivity index (χ3v) is 4.73. The smallest absolute Gasteiger partial charge is 0.326 e. The van der Waals surface area contributed by atoms with Crippen LogP contribution in [0.4, 0.5) is 5.69 Å². The van der Waals surface area contributed by atoms with Gasteiger partial charge in [0.05, 0.1) is 0 Å². The largest absolute Gasteiger partial charge is 0.442 e. The number of thioether (sulfide) groups is 1. The van der Waals surface area contributed by atoms with Crippen molar-refractivity contribution >= 4 is 23.4 Å². The number of para-hydroxylation sites is 1. The number of aromatic amines is 1. The number of hydrogen-bond donors (Lipinski definition) is 2. The fourth-order valence-corrected chi connectivity index (χ4v) is 3.56. The van der Waals surface area contributed by atoms with Crippen LogP contribution >= 0.6 is 11.8 Å². The molecule has 0 bridgehead atoms. The molecule has 0 aliphatic carbocycles. The first-order valence-corrected chi connectivity index (χ1v) is 9.21. The maximum Gasteiger partial charge on any atom is 0.442 e. The average molecular weight is 370 g/mol. The van der Waals surface area contributed by atoms with Gasteiger partial charge >= 0.3 is 10.7 Å². The molecule has 0 saturated heterocycles. The molecule has 1 heterocycles. The molecule has 1 aromatic heterocycles. The van der Waals surface area contributed by atoms with E-state index in [1.54, 1.807) is 4.68 Å². The van der Waals surface area contributed by atoms with Crippen molar-refractivity contribution in [2.45, 2.75) is 25.3 Å². The predicted molar refractivity (Wildman–Crippen MR) is 101 cm³/mol. The van der Waals surface area contributed by atoms with Gasteiger partial charge in [0.15, 0.2) is 0 Å². The number of hydrogen-bond acceptors (Lipinski definition) is 4. The number of amides is 1. The molecule has 0 spiro atoms. The normalized spacial score (nSPS) is 10.7. The van der Waals surface area contributed by atoms with Crippen molar-refractivity contribution in [3.63, 3.8) is 0 Å². The van der Waals surface area contributed by atoms with Gasteiger partial charge in [-0.05, 0) is 58.8 Å². The number of aryl methyl sites for hydroxylation is 2. The van der Waals surface area contributed by atoms with Gasteiger partial charge in [-0.1, -0.05) is 24.3 Å². The Hall–Kier alpha value is -2.80. The quantitative estimate of drug-likeness (QED) is 0.516. The van der Waals surface area contributed by atoms with Gasteiger partial charge in [-0.3, -0.25) is 9.32 Å². The molecule has 2 N–H and O–H groups in total. The molecule has 6 nitrogen and oxygen atoms in total. The Kier molecular flexibility index (Phi) is 5.58. The van der Waals surface area contributed by atoms with Crippen LogP contribution in [-0.2, 0) is 4.79 Å². The maximum atomic E-state index is 12.2. The van der Waals surface area contributed by atoms with E-state index in [-0.39, 0.29) is 12.3 Å². The lowest BCUT2D eigenvalue weighted by Gasteiger charge is -2.07. The van der Waals surface area contributed by atoms with Crippen molar-refractivity contribution in [3.05, 3.63) is 70.1 Å². The number of H-pyrrole nitrogens is 1. The Morgan fingerprint density at radius 2 is 1.85 bits per heavy atom. The predicted octanol–water partition coefficient (Wildman–Crippen LogP) is 2.98. The molecular formula is C19H20N3O3S+. The highest BCUT2D eigenvalue weighted by Crippen LogP contribution is 2.16. The second kappa shape index (κ2) is 8.05. The van der Waals surface area contributed by atoms with Gasteiger partial charge in [0.2, 0.25) is 11.6 Å². The number of nitrogens with one attached hydrogen (secondary N) is 2. The van der Waals surface area contributed by atoms with Crippen molar-refractivity contribution in [1.82, 2.24) is 5.27 Å². The van der Waals surface area contributed by atoms with Crippen LogP contribution in [0.15, 0.2) is 62.9 Å². The topological polar surface area (TPSA) is 79.0 Å². The van der Waals surface area contributed by atoms with Gasteiger partial charge < -0.3 is 5.32 Å². The summed E-state index contributed by atoms with van der Waals surface area (Å²) in [5, 5.41) is 5.90. The van der Waals surface area contributed by atoms with Gasteiger partial charge in [0.1, 0.15) is 0 Å². The molecule has 134 valence electrons. The lowest BCUT2D eigenvalue weighted by atomic mass is 10.1. The van der Waals surface area contributed by atoms with E-state index in [9.17, 15) is 9.59 Å². The molecule has 3 rings (SSSR count). The highest BCUT2D eigenvalue weighted by Gasteiger charge is 2.23. The van der Waals surface area contributed by atoms with E-state index < -0.39 is 5.63 Å². The molecule has 0 aliphatic heterocycles. The summed E-state index contributed by atoms with van der Waals surface area (Å²) in [5.74, 6) is 0.375. The first-order chi connectivity index (χ1) is 12.5. The van der Waals surface area contributed by atoms with E-state index in [0.717, 1.165) is 22.5 Å². The van der Waals surface area contributed by atoms with Crippen LogP contribution in [0.2, 0.25) is 0 Å². The van der Waals surface area contributed by atoms with Crippen LogP contribution in [0.3, 0.4) is 0 Å². The molecule has 1 amide bonds. The van der Waals surface area contributed by atoms with Crippen molar-refractivity contribution < 1.29 is 14.0 Å². The van der Waals surface area contributed by atoms with Crippen molar-refractivity contribution in [1.29, 1.82) is 0 Å². The molecule has 26 heavy (non-hydrogen) atoms. The molecule has 3 aromatic rings. The van der Waals surface area contributed by atoms with Crippen LogP contribution in [0, 0.1) is 13.8 Å². The number of rotatable bonds is 6. The zero-order valence-electron chi connectivity index (χ0n) is 14.6. The Morgan fingerprint density at radius 3 is 2.54 bits per heavy atom. The van der Waals surface area contributed by atoms with Gasteiger partial charge in [-0.15, -0.1) is 0 Å². The number of carbonyl (C=O) groups excluding carboxylic acids is 1. The lowest BCUT2D eigenvalue weighted by Crippen LogP contribution is -2.36. The number of benzene rings is 2. The summed E-state index contributed by atoms with van der Waals surface area (Å²) in [7, 11) is 0. The van der Waals surface area contributed by atoms with E-state index >= 15 is 0 Å². The highest BCUT2D eigenvalue weighted by atomic mass is 32.2. The van der Waals surface area contributed by atoms with Crippen LogP contribution in [-0.4, -0.2) is 16.9 Å². The van der Waals surface area contributed by atoms with Crippen molar-refractivity contribution in [2.24, 2.45) is 0 Å². The average Bonchev–Trinajstić information content (AvgIpc) is 2.96. The van der Waals surface area contributed by atoms with Gasteiger partial charge in [-0.25, -0.2) is 4.79 Å². The molecule has 0 atom stereocenters. The first-order valence-electron chi connectivity index (χ1n) is 8.23. The maximum absolute atomic E-state index is 12.2.